The van der Waals surface area contributed by atoms with Gasteiger partial charge in [0.25, 0.3) is 0 Å². The van der Waals surface area contributed by atoms with Gasteiger partial charge < -0.3 is 9.47 Å². The molecule has 24 heavy (non-hydrogen) atoms. The lowest BCUT2D eigenvalue weighted by Gasteiger charge is -2.32. The van der Waals surface area contributed by atoms with Crippen molar-refractivity contribution in [2.75, 3.05) is 0 Å². The molecular formula is C17H24N2O4S. The van der Waals surface area contributed by atoms with Crippen LogP contribution in [-0.2, 0) is 9.47 Å². The van der Waals surface area contributed by atoms with Gasteiger partial charge in [0.2, 0.25) is 0 Å². The van der Waals surface area contributed by atoms with E-state index in [1.54, 1.807) is 39.0 Å². The maximum Gasteiger partial charge on any atom is 0.429 e. The fourth-order valence-corrected chi connectivity index (χ4v) is 3.40. The van der Waals surface area contributed by atoms with Crippen LogP contribution < -0.4 is 5.43 Å². The number of carbonyl (C=O) groups is 2. The molecule has 6 nitrogen and oxygen atoms in total. The number of nitrogens with zero attached hydrogens (tertiary/aromatic N) is 1. The third-order valence-corrected chi connectivity index (χ3v) is 4.40. The summed E-state index contributed by atoms with van der Waals surface area (Å²) >= 11 is 1.62. The molecule has 0 aromatic carbocycles. The summed E-state index contributed by atoms with van der Waals surface area (Å²) in [5.74, 6) is 0.0177. The SMILES string of the molecule is CC(C)OC(=O)NN(C(=O)OC(C)C)[C@H]1CC=C[C@@H]1c1cccs1. The van der Waals surface area contributed by atoms with Gasteiger partial charge in [0.05, 0.1) is 18.2 Å². The molecule has 2 atom stereocenters. The minimum absolute atomic E-state index is 0.0177. The fourth-order valence-electron chi connectivity index (χ4n) is 2.53. The lowest BCUT2D eigenvalue weighted by Crippen LogP contribution is -2.53. The molecule has 0 radical (unpaired) electrons. The summed E-state index contributed by atoms with van der Waals surface area (Å²) in [4.78, 5) is 25.6. The summed E-state index contributed by atoms with van der Waals surface area (Å²) in [6, 6.07) is 3.76. The number of carbonyl (C=O) groups excluding carboxylic acids is 2. The Labute approximate surface area is 146 Å². The van der Waals surface area contributed by atoms with Gasteiger partial charge in [0, 0.05) is 10.8 Å². The van der Waals surface area contributed by atoms with Crippen molar-refractivity contribution < 1.29 is 19.1 Å². The molecule has 0 saturated carbocycles. The van der Waals surface area contributed by atoms with E-state index in [0.717, 1.165) is 4.88 Å². The first-order valence-electron chi connectivity index (χ1n) is 8.05. The predicted molar refractivity (Wildman–Crippen MR) is 92.8 cm³/mol. The standard InChI is InChI=1S/C17H24N2O4S/c1-11(2)22-16(20)18-19(17(21)23-12(3)4)14-8-5-7-13(14)15-9-6-10-24-15/h5-7,9-14H,8H2,1-4H3,(H,18,20)/t13-,14-/m0/s1. The number of hydrazine groups is 1. The zero-order chi connectivity index (χ0) is 17.7. The van der Waals surface area contributed by atoms with Gasteiger partial charge in [-0.2, -0.15) is 0 Å². The third kappa shape index (κ3) is 4.74. The Morgan fingerprint density at radius 3 is 2.54 bits per heavy atom. The quantitative estimate of drug-likeness (QED) is 0.655. The monoisotopic (exact) mass is 352 g/mol. The van der Waals surface area contributed by atoms with E-state index in [0.29, 0.717) is 6.42 Å². The van der Waals surface area contributed by atoms with Gasteiger partial charge >= 0.3 is 12.2 Å². The number of amides is 2. The summed E-state index contributed by atoms with van der Waals surface area (Å²) in [7, 11) is 0. The summed E-state index contributed by atoms with van der Waals surface area (Å²) in [6.45, 7) is 7.04. The van der Waals surface area contributed by atoms with E-state index in [1.165, 1.54) is 5.01 Å². The summed E-state index contributed by atoms with van der Waals surface area (Å²) < 4.78 is 10.4. The van der Waals surface area contributed by atoms with Crippen molar-refractivity contribution in [2.45, 2.75) is 58.3 Å². The van der Waals surface area contributed by atoms with Gasteiger partial charge in [0.1, 0.15) is 0 Å². The summed E-state index contributed by atoms with van der Waals surface area (Å²) in [5, 5.41) is 3.25. The molecule has 0 saturated heterocycles. The topological polar surface area (TPSA) is 67.9 Å². The van der Waals surface area contributed by atoms with Crippen molar-refractivity contribution in [3.63, 3.8) is 0 Å². The van der Waals surface area contributed by atoms with Crippen LogP contribution in [0.1, 0.15) is 44.9 Å². The Morgan fingerprint density at radius 1 is 1.25 bits per heavy atom. The molecule has 1 aliphatic carbocycles. The van der Waals surface area contributed by atoms with E-state index in [9.17, 15) is 9.59 Å². The molecule has 1 N–H and O–H groups in total. The molecular weight excluding hydrogens is 328 g/mol. The number of hydrogen-bond donors (Lipinski definition) is 1. The van der Waals surface area contributed by atoms with Gasteiger partial charge in [-0.15, -0.1) is 11.3 Å². The first-order chi connectivity index (χ1) is 11.4. The van der Waals surface area contributed by atoms with Crippen molar-refractivity contribution in [1.29, 1.82) is 0 Å². The zero-order valence-corrected chi connectivity index (χ0v) is 15.2. The summed E-state index contributed by atoms with van der Waals surface area (Å²) in [5.41, 5.74) is 2.55. The van der Waals surface area contributed by atoms with Crippen LogP contribution >= 0.6 is 11.3 Å². The highest BCUT2D eigenvalue weighted by molar-refractivity contribution is 7.10. The molecule has 0 unspecified atom stereocenters. The van der Waals surface area contributed by atoms with Crippen LogP contribution in [0, 0.1) is 0 Å². The fraction of sp³-hybridized carbons (Fsp3) is 0.529. The maximum absolute atomic E-state index is 12.5. The van der Waals surface area contributed by atoms with Crippen LogP contribution in [0.3, 0.4) is 0 Å². The van der Waals surface area contributed by atoms with Crippen molar-refractivity contribution in [2.24, 2.45) is 0 Å². The second-order valence-corrected chi connectivity index (χ2v) is 7.12. The van der Waals surface area contributed by atoms with Crippen molar-refractivity contribution in [3.8, 4) is 0 Å². The molecule has 0 spiro atoms. The number of rotatable bonds is 4. The molecule has 1 aliphatic rings. The molecule has 0 aliphatic heterocycles. The lowest BCUT2D eigenvalue weighted by atomic mass is 10.0. The van der Waals surface area contributed by atoms with Gasteiger partial charge in [-0.3, -0.25) is 0 Å². The molecule has 132 valence electrons. The van der Waals surface area contributed by atoms with E-state index >= 15 is 0 Å². The Morgan fingerprint density at radius 2 is 1.96 bits per heavy atom. The molecule has 0 fully saturated rings. The van der Waals surface area contributed by atoms with E-state index in [1.807, 2.05) is 23.6 Å². The van der Waals surface area contributed by atoms with E-state index in [-0.39, 0.29) is 24.2 Å². The van der Waals surface area contributed by atoms with Crippen LogP contribution in [0.4, 0.5) is 9.59 Å². The van der Waals surface area contributed by atoms with Gasteiger partial charge in [-0.1, -0.05) is 18.2 Å². The first-order valence-corrected chi connectivity index (χ1v) is 8.93. The Hall–Kier alpha value is -2.02. The smallest absolute Gasteiger partial charge is 0.429 e. The van der Waals surface area contributed by atoms with Crippen molar-refractivity contribution in [1.82, 2.24) is 10.4 Å². The lowest BCUT2D eigenvalue weighted by molar-refractivity contribution is 0.0307. The molecule has 1 aromatic heterocycles. The Bertz CT molecular complexity index is 583. The molecule has 2 rings (SSSR count). The molecule has 0 bridgehead atoms. The average molecular weight is 352 g/mol. The second-order valence-electron chi connectivity index (χ2n) is 6.14. The Balaban J connectivity index is 2.18. The van der Waals surface area contributed by atoms with Gasteiger partial charge in [-0.05, 0) is 45.6 Å². The minimum Gasteiger partial charge on any atom is -0.446 e. The van der Waals surface area contributed by atoms with Crippen molar-refractivity contribution in [3.05, 3.63) is 34.5 Å². The normalized spacial score (nSPS) is 19.6. The average Bonchev–Trinajstić information content (AvgIpc) is 3.13. The molecule has 1 heterocycles. The molecule has 1 aromatic rings. The maximum atomic E-state index is 12.5. The van der Waals surface area contributed by atoms with Gasteiger partial charge in [-0.25, -0.2) is 20.0 Å². The third-order valence-electron chi connectivity index (χ3n) is 3.43. The van der Waals surface area contributed by atoms with E-state index in [4.69, 9.17) is 9.47 Å². The number of ether oxygens (including phenoxy) is 2. The highest BCUT2D eigenvalue weighted by atomic mass is 32.1. The van der Waals surface area contributed by atoms with E-state index < -0.39 is 12.2 Å². The number of hydrogen-bond acceptors (Lipinski definition) is 5. The molecule has 2 amide bonds. The zero-order valence-electron chi connectivity index (χ0n) is 14.4. The minimum atomic E-state index is -0.664. The molecule has 7 heteroatoms. The Kier molecular flexibility index (Phi) is 6.25. The largest absolute Gasteiger partial charge is 0.446 e. The van der Waals surface area contributed by atoms with Crippen LogP contribution in [0.15, 0.2) is 29.7 Å². The van der Waals surface area contributed by atoms with Gasteiger partial charge in [0.15, 0.2) is 0 Å². The van der Waals surface area contributed by atoms with Crippen LogP contribution in [0.5, 0.6) is 0 Å². The second kappa shape index (κ2) is 8.19. The van der Waals surface area contributed by atoms with Crippen LogP contribution in [0.25, 0.3) is 0 Å². The van der Waals surface area contributed by atoms with E-state index in [2.05, 4.69) is 11.5 Å². The van der Waals surface area contributed by atoms with Crippen molar-refractivity contribution >= 4 is 23.5 Å². The summed E-state index contributed by atoms with van der Waals surface area (Å²) in [6.07, 6.45) is 2.91. The van der Waals surface area contributed by atoms with Crippen LogP contribution in [0.2, 0.25) is 0 Å². The number of thiophene rings is 1. The van der Waals surface area contributed by atoms with Crippen LogP contribution in [-0.4, -0.2) is 35.4 Å². The highest BCUT2D eigenvalue weighted by Gasteiger charge is 2.36. The number of nitrogens with one attached hydrogen (secondary N) is 1. The predicted octanol–water partition coefficient (Wildman–Crippen LogP) is 4.06. The first kappa shape index (κ1) is 18.3. The highest BCUT2D eigenvalue weighted by Crippen LogP contribution is 2.34.